The Hall–Kier alpha value is -2.41. The van der Waals surface area contributed by atoms with E-state index in [1.807, 2.05) is 19.1 Å². The molecule has 0 aliphatic carbocycles. The lowest BCUT2D eigenvalue weighted by molar-refractivity contribution is -0.124. The average Bonchev–Trinajstić information content (AvgIpc) is 2.96. The van der Waals surface area contributed by atoms with E-state index in [9.17, 15) is 9.59 Å². The molecule has 2 N–H and O–H groups in total. The number of esters is 1. The number of hydrogen-bond acceptors (Lipinski definition) is 5. The van der Waals surface area contributed by atoms with E-state index >= 15 is 0 Å². The molecule has 0 fully saturated rings. The van der Waals surface area contributed by atoms with Gasteiger partial charge in [0.1, 0.15) is 0 Å². The zero-order valence-corrected chi connectivity index (χ0v) is 12.4. The third-order valence-corrected chi connectivity index (χ3v) is 2.99. The van der Waals surface area contributed by atoms with Crippen molar-refractivity contribution in [3.05, 3.63) is 30.0 Å². The highest BCUT2D eigenvalue weighted by Crippen LogP contribution is 2.15. The van der Waals surface area contributed by atoms with Crippen molar-refractivity contribution in [2.24, 2.45) is 0 Å². The van der Waals surface area contributed by atoms with Crippen molar-refractivity contribution in [1.29, 1.82) is 0 Å². The van der Waals surface area contributed by atoms with Crippen molar-refractivity contribution < 1.29 is 19.1 Å². The van der Waals surface area contributed by atoms with Crippen molar-refractivity contribution in [2.75, 3.05) is 26.4 Å². The van der Waals surface area contributed by atoms with Crippen LogP contribution >= 0.6 is 0 Å². The normalized spacial score (nSPS) is 10.6. The maximum atomic E-state index is 11.9. The summed E-state index contributed by atoms with van der Waals surface area (Å²) >= 11 is 0. The highest BCUT2D eigenvalue weighted by Gasteiger charge is 2.16. The number of para-hydroxylation sites is 1. The van der Waals surface area contributed by atoms with E-state index < -0.39 is 5.97 Å². The first-order chi connectivity index (χ1) is 10.7. The molecule has 7 nitrogen and oxygen atoms in total. The minimum absolute atomic E-state index is 0.180. The Labute approximate surface area is 128 Å². The summed E-state index contributed by atoms with van der Waals surface area (Å²) in [5.74, 6) is -0.966. The molecule has 0 aliphatic rings. The van der Waals surface area contributed by atoms with Gasteiger partial charge in [0.05, 0.1) is 5.52 Å². The fraction of sp³-hybridized carbons (Fsp3) is 0.400. The van der Waals surface area contributed by atoms with Crippen LogP contribution in [0.4, 0.5) is 0 Å². The lowest BCUT2D eigenvalue weighted by Gasteiger charge is -2.06. The number of rotatable bonds is 8. The Morgan fingerprint density at radius 2 is 2.14 bits per heavy atom. The number of carbonyl (C=O) groups excluding carboxylic acids is 2. The molecule has 0 radical (unpaired) electrons. The van der Waals surface area contributed by atoms with Crippen LogP contribution in [0.25, 0.3) is 10.9 Å². The van der Waals surface area contributed by atoms with E-state index in [1.54, 1.807) is 12.1 Å². The van der Waals surface area contributed by atoms with Gasteiger partial charge in [0, 0.05) is 25.1 Å². The molecule has 2 rings (SSSR count). The molecule has 0 spiro atoms. The van der Waals surface area contributed by atoms with Gasteiger partial charge in [-0.2, -0.15) is 5.10 Å². The SMILES string of the molecule is CCOCCCNC(=O)COC(=O)c1n[nH]c2ccccc12. The number of fused-ring (bicyclic) bond motifs is 1. The van der Waals surface area contributed by atoms with Gasteiger partial charge in [-0.05, 0) is 19.4 Å². The summed E-state index contributed by atoms with van der Waals surface area (Å²) in [5.41, 5.74) is 0.926. The van der Waals surface area contributed by atoms with Crippen LogP contribution in [0.2, 0.25) is 0 Å². The van der Waals surface area contributed by atoms with Crippen LogP contribution in [0.1, 0.15) is 23.8 Å². The maximum Gasteiger partial charge on any atom is 0.359 e. The lowest BCUT2D eigenvalue weighted by atomic mass is 10.2. The lowest BCUT2D eigenvalue weighted by Crippen LogP contribution is -2.30. The molecule has 1 aromatic heterocycles. The van der Waals surface area contributed by atoms with Crippen LogP contribution in [0.5, 0.6) is 0 Å². The molecule has 0 bridgehead atoms. The first-order valence-corrected chi connectivity index (χ1v) is 7.17. The van der Waals surface area contributed by atoms with Crippen LogP contribution in [-0.4, -0.2) is 48.4 Å². The highest BCUT2D eigenvalue weighted by atomic mass is 16.5. The van der Waals surface area contributed by atoms with Gasteiger partial charge in [-0.3, -0.25) is 9.89 Å². The Morgan fingerprint density at radius 1 is 1.32 bits per heavy atom. The third kappa shape index (κ3) is 4.29. The van der Waals surface area contributed by atoms with Gasteiger partial charge >= 0.3 is 5.97 Å². The highest BCUT2D eigenvalue weighted by molar-refractivity contribution is 6.02. The monoisotopic (exact) mass is 305 g/mol. The number of H-pyrrole nitrogens is 1. The van der Waals surface area contributed by atoms with E-state index in [0.29, 0.717) is 25.1 Å². The molecule has 0 aliphatic heterocycles. The quantitative estimate of drug-likeness (QED) is 0.566. The Kier molecular flexibility index (Phi) is 5.91. The van der Waals surface area contributed by atoms with Crippen LogP contribution in [0, 0.1) is 0 Å². The molecule has 0 unspecified atom stereocenters. The minimum atomic E-state index is -0.623. The van der Waals surface area contributed by atoms with E-state index in [-0.39, 0.29) is 18.2 Å². The van der Waals surface area contributed by atoms with E-state index in [4.69, 9.17) is 9.47 Å². The van der Waals surface area contributed by atoms with Crippen molar-refractivity contribution in [2.45, 2.75) is 13.3 Å². The van der Waals surface area contributed by atoms with Gasteiger partial charge in [-0.15, -0.1) is 0 Å². The van der Waals surface area contributed by atoms with Gasteiger partial charge in [0.25, 0.3) is 5.91 Å². The number of ether oxygens (including phenoxy) is 2. The van der Waals surface area contributed by atoms with Crippen LogP contribution in [0.3, 0.4) is 0 Å². The summed E-state index contributed by atoms with van der Waals surface area (Å²) in [6.07, 6.45) is 0.720. The standard InChI is InChI=1S/C15H19N3O4/c1-2-21-9-5-8-16-13(19)10-22-15(20)14-11-6-3-4-7-12(11)17-18-14/h3-4,6-7H,2,5,8-10H2,1H3,(H,16,19)(H,17,18). The van der Waals surface area contributed by atoms with Gasteiger partial charge in [-0.1, -0.05) is 18.2 Å². The summed E-state index contributed by atoms with van der Waals surface area (Å²) in [7, 11) is 0. The topological polar surface area (TPSA) is 93.3 Å². The van der Waals surface area contributed by atoms with Crippen LogP contribution < -0.4 is 5.32 Å². The number of nitrogens with zero attached hydrogens (tertiary/aromatic N) is 1. The molecule has 1 aromatic carbocycles. The maximum absolute atomic E-state index is 11.9. The predicted molar refractivity (Wildman–Crippen MR) is 80.5 cm³/mol. The van der Waals surface area contributed by atoms with Crippen molar-refractivity contribution in [1.82, 2.24) is 15.5 Å². The van der Waals surface area contributed by atoms with E-state index in [0.717, 1.165) is 11.9 Å². The van der Waals surface area contributed by atoms with Gasteiger partial charge < -0.3 is 14.8 Å². The third-order valence-electron chi connectivity index (χ3n) is 2.99. The second kappa shape index (κ2) is 8.14. The summed E-state index contributed by atoms with van der Waals surface area (Å²) < 4.78 is 10.1. The fourth-order valence-electron chi connectivity index (χ4n) is 1.92. The molecule has 118 valence electrons. The average molecular weight is 305 g/mol. The Bertz CT molecular complexity index is 639. The Balaban J connectivity index is 1.77. The molecule has 1 heterocycles. The molecule has 7 heteroatoms. The van der Waals surface area contributed by atoms with Gasteiger partial charge in [0.15, 0.2) is 12.3 Å². The molecular formula is C15H19N3O4. The van der Waals surface area contributed by atoms with Gasteiger partial charge in [0.2, 0.25) is 0 Å². The Morgan fingerprint density at radius 3 is 2.95 bits per heavy atom. The van der Waals surface area contributed by atoms with Crippen molar-refractivity contribution in [3.8, 4) is 0 Å². The number of aromatic nitrogens is 2. The minimum Gasteiger partial charge on any atom is -0.451 e. The summed E-state index contributed by atoms with van der Waals surface area (Å²) in [4.78, 5) is 23.5. The van der Waals surface area contributed by atoms with Gasteiger partial charge in [-0.25, -0.2) is 4.79 Å². The second-order valence-electron chi connectivity index (χ2n) is 4.59. The second-order valence-corrected chi connectivity index (χ2v) is 4.59. The van der Waals surface area contributed by atoms with Crippen molar-refractivity contribution in [3.63, 3.8) is 0 Å². The molecule has 0 saturated heterocycles. The zero-order valence-electron chi connectivity index (χ0n) is 12.4. The number of amides is 1. The number of nitrogens with one attached hydrogen (secondary N) is 2. The van der Waals surface area contributed by atoms with Crippen molar-refractivity contribution >= 4 is 22.8 Å². The smallest absolute Gasteiger partial charge is 0.359 e. The largest absolute Gasteiger partial charge is 0.451 e. The number of aromatic amines is 1. The van der Waals surface area contributed by atoms with Crippen LogP contribution in [0.15, 0.2) is 24.3 Å². The molecule has 1 amide bonds. The van der Waals surface area contributed by atoms with Crippen LogP contribution in [-0.2, 0) is 14.3 Å². The number of benzene rings is 1. The predicted octanol–water partition coefficient (Wildman–Crippen LogP) is 1.26. The van der Waals surface area contributed by atoms with E-state index in [1.165, 1.54) is 0 Å². The van der Waals surface area contributed by atoms with E-state index in [2.05, 4.69) is 15.5 Å². The molecular weight excluding hydrogens is 286 g/mol. The molecule has 22 heavy (non-hydrogen) atoms. The first-order valence-electron chi connectivity index (χ1n) is 7.17. The summed E-state index contributed by atoms with van der Waals surface area (Å²) in [5, 5.41) is 9.99. The molecule has 0 saturated carbocycles. The number of carbonyl (C=O) groups is 2. The fourth-order valence-corrected chi connectivity index (χ4v) is 1.92. The zero-order chi connectivity index (χ0) is 15.8. The first kappa shape index (κ1) is 16.0. The summed E-state index contributed by atoms with van der Waals surface area (Å²) in [6, 6.07) is 7.22. The summed E-state index contributed by atoms with van der Waals surface area (Å²) in [6.45, 7) is 3.33. The molecule has 0 atom stereocenters. The molecule has 2 aromatic rings. The number of hydrogen-bond donors (Lipinski definition) is 2.